The van der Waals surface area contributed by atoms with Crippen LogP contribution >= 0.6 is 15.9 Å². The minimum Gasteiger partial charge on any atom is -0.308 e. The van der Waals surface area contributed by atoms with E-state index in [2.05, 4.69) is 40.7 Å². The Morgan fingerprint density at radius 1 is 1.00 bits per heavy atom. The molecule has 2 aromatic heterocycles. The monoisotopic (exact) mass is 307 g/mol. The first kappa shape index (κ1) is 11.8. The molecule has 0 saturated heterocycles. The lowest BCUT2D eigenvalue weighted by Gasteiger charge is -2.12. The fraction of sp³-hybridized carbons (Fsp3) is 0.500. The van der Waals surface area contributed by atoms with E-state index in [-0.39, 0.29) is 0 Å². The van der Waals surface area contributed by atoms with E-state index in [0.29, 0.717) is 5.82 Å². The average Bonchev–Trinajstić information content (AvgIpc) is 2.72. The first-order valence-electron chi connectivity index (χ1n) is 6.24. The second-order valence-electron chi connectivity index (χ2n) is 4.48. The molecule has 18 heavy (non-hydrogen) atoms. The smallest absolute Gasteiger partial charge is 0.201 e. The molecule has 0 atom stereocenters. The molecule has 6 heteroatoms. The fourth-order valence-electron chi connectivity index (χ4n) is 2.25. The van der Waals surface area contributed by atoms with Gasteiger partial charge >= 0.3 is 0 Å². The van der Waals surface area contributed by atoms with E-state index in [1.54, 1.807) is 12.4 Å². The normalized spacial score (nSPS) is 15.8. The van der Waals surface area contributed by atoms with Gasteiger partial charge < -0.3 is 4.57 Å². The SMILES string of the molecule is Brc1cnc(-c2nnc3n2CCCCCC3)nc1. The third-order valence-electron chi connectivity index (χ3n) is 3.18. The number of hydrogen-bond donors (Lipinski definition) is 0. The van der Waals surface area contributed by atoms with Crippen LogP contribution in [0.25, 0.3) is 11.6 Å². The van der Waals surface area contributed by atoms with Crippen LogP contribution in [-0.2, 0) is 13.0 Å². The molecule has 0 amide bonds. The Labute approximate surface area is 114 Å². The first-order chi connectivity index (χ1) is 8.84. The third-order valence-corrected chi connectivity index (χ3v) is 3.59. The Morgan fingerprint density at radius 2 is 1.78 bits per heavy atom. The molecule has 3 heterocycles. The topological polar surface area (TPSA) is 56.5 Å². The highest BCUT2D eigenvalue weighted by molar-refractivity contribution is 9.10. The molecule has 0 unspecified atom stereocenters. The zero-order valence-corrected chi connectivity index (χ0v) is 11.6. The van der Waals surface area contributed by atoms with Crippen LogP contribution in [0.1, 0.15) is 31.5 Å². The summed E-state index contributed by atoms with van der Waals surface area (Å²) in [6.07, 6.45) is 9.42. The van der Waals surface area contributed by atoms with Gasteiger partial charge in [-0.3, -0.25) is 0 Å². The van der Waals surface area contributed by atoms with Gasteiger partial charge in [0.25, 0.3) is 0 Å². The second-order valence-corrected chi connectivity index (χ2v) is 5.40. The van der Waals surface area contributed by atoms with Crippen LogP contribution in [0.5, 0.6) is 0 Å². The Hall–Kier alpha value is -1.30. The summed E-state index contributed by atoms with van der Waals surface area (Å²) in [7, 11) is 0. The van der Waals surface area contributed by atoms with Gasteiger partial charge in [0.15, 0.2) is 5.82 Å². The van der Waals surface area contributed by atoms with E-state index < -0.39 is 0 Å². The fourth-order valence-corrected chi connectivity index (χ4v) is 2.46. The van der Waals surface area contributed by atoms with E-state index in [1.807, 2.05) is 0 Å². The number of fused-ring (bicyclic) bond motifs is 1. The van der Waals surface area contributed by atoms with E-state index in [1.165, 1.54) is 25.7 Å². The van der Waals surface area contributed by atoms with Crippen LogP contribution in [0.3, 0.4) is 0 Å². The lowest BCUT2D eigenvalue weighted by molar-refractivity contribution is 0.518. The Balaban J connectivity index is 1.99. The molecule has 2 aromatic rings. The lowest BCUT2D eigenvalue weighted by atomic mass is 10.1. The van der Waals surface area contributed by atoms with Gasteiger partial charge in [-0.1, -0.05) is 12.8 Å². The van der Waals surface area contributed by atoms with Crippen LogP contribution < -0.4 is 0 Å². The largest absolute Gasteiger partial charge is 0.308 e. The summed E-state index contributed by atoms with van der Waals surface area (Å²) in [4.78, 5) is 8.60. The van der Waals surface area contributed by atoms with Crippen molar-refractivity contribution in [1.82, 2.24) is 24.7 Å². The molecule has 0 fully saturated rings. The van der Waals surface area contributed by atoms with E-state index in [4.69, 9.17) is 0 Å². The predicted molar refractivity (Wildman–Crippen MR) is 70.9 cm³/mol. The number of halogens is 1. The van der Waals surface area contributed by atoms with Crippen LogP contribution in [-0.4, -0.2) is 24.7 Å². The van der Waals surface area contributed by atoms with Gasteiger partial charge in [0, 0.05) is 25.4 Å². The summed E-state index contributed by atoms with van der Waals surface area (Å²) in [5, 5.41) is 8.53. The van der Waals surface area contributed by atoms with Crippen molar-refractivity contribution in [2.24, 2.45) is 0 Å². The lowest BCUT2D eigenvalue weighted by Crippen LogP contribution is -2.09. The quantitative estimate of drug-likeness (QED) is 0.812. The zero-order chi connectivity index (χ0) is 12.4. The van der Waals surface area contributed by atoms with Gasteiger partial charge in [0.05, 0.1) is 4.47 Å². The third kappa shape index (κ3) is 2.29. The van der Waals surface area contributed by atoms with Gasteiger partial charge in [-0.25, -0.2) is 9.97 Å². The van der Waals surface area contributed by atoms with Gasteiger partial charge in [-0.2, -0.15) is 0 Å². The molecule has 94 valence electrons. The maximum Gasteiger partial charge on any atom is 0.201 e. The summed E-state index contributed by atoms with van der Waals surface area (Å²) in [6.45, 7) is 0.969. The van der Waals surface area contributed by atoms with Crippen LogP contribution in [0.4, 0.5) is 0 Å². The Morgan fingerprint density at radius 3 is 2.61 bits per heavy atom. The summed E-state index contributed by atoms with van der Waals surface area (Å²) in [5.74, 6) is 2.51. The van der Waals surface area contributed by atoms with Crippen molar-refractivity contribution in [3.8, 4) is 11.6 Å². The van der Waals surface area contributed by atoms with E-state index >= 15 is 0 Å². The summed E-state index contributed by atoms with van der Waals surface area (Å²) >= 11 is 3.34. The molecule has 0 saturated carbocycles. The maximum absolute atomic E-state index is 4.30. The van der Waals surface area contributed by atoms with Gasteiger partial charge in [-0.15, -0.1) is 10.2 Å². The molecule has 3 rings (SSSR count). The number of hydrogen-bond acceptors (Lipinski definition) is 4. The molecule has 5 nitrogen and oxygen atoms in total. The molecule has 0 aliphatic carbocycles. The number of nitrogens with zero attached hydrogens (tertiary/aromatic N) is 5. The molecule has 0 N–H and O–H groups in total. The highest BCUT2D eigenvalue weighted by atomic mass is 79.9. The van der Waals surface area contributed by atoms with Crippen molar-refractivity contribution in [2.45, 2.75) is 38.6 Å². The second kappa shape index (κ2) is 5.14. The van der Waals surface area contributed by atoms with Crippen molar-refractivity contribution in [2.75, 3.05) is 0 Å². The molecule has 0 aromatic carbocycles. The van der Waals surface area contributed by atoms with Crippen molar-refractivity contribution >= 4 is 15.9 Å². The van der Waals surface area contributed by atoms with E-state index in [0.717, 1.165) is 29.1 Å². The standard InChI is InChI=1S/C12H14BrN5/c13-9-7-14-11(15-8-9)12-17-16-10-5-3-1-2-4-6-18(10)12/h7-8H,1-6H2. The highest BCUT2D eigenvalue weighted by Crippen LogP contribution is 2.20. The van der Waals surface area contributed by atoms with Crippen LogP contribution in [0.2, 0.25) is 0 Å². The summed E-state index contributed by atoms with van der Waals surface area (Å²) in [6, 6.07) is 0. The molecule has 0 spiro atoms. The number of aromatic nitrogens is 5. The van der Waals surface area contributed by atoms with Gasteiger partial charge in [-0.05, 0) is 28.8 Å². The zero-order valence-electron chi connectivity index (χ0n) is 10.0. The number of aryl methyl sites for hydroxylation is 1. The van der Waals surface area contributed by atoms with Crippen LogP contribution in [0.15, 0.2) is 16.9 Å². The van der Waals surface area contributed by atoms with E-state index in [9.17, 15) is 0 Å². The van der Waals surface area contributed by atoms with Crippen molar-refractivity contribution in [1.29, 1.82) is 0 Å². The molecule has 0 radical (unpaired) electrons. The molecule has 1 aliphatic heterocycles. The van der Waals surface area contributed by atoms with Gasteiger partial charge in [0.1, 0.15) is 5.82 Å². The van der Waals surface area contributed by atoms with Crippen molar-refractivity contribution in [3.05, 3.63) is 22.7 Å². The van der Waals surface area contributed by atoms with Crippen molar-refractivity contribution in [3.63, 3.8) is 0 Å². The molecular weight excluding hydrogens is 294 g/mol. The Kier molecular flexibility index (Phi) is 3.36. The first-order valence-corrected chi connectivity index (χ1v) is 7.04. The van der Waals surface area contributed by atoms with Crippen molar-refractivity contribution < 1.29 is 0 Å². The summed E-state index contributed by atoms with van der Waals surface area (Å²) in [5.41, 5.74) is 0. The average molecular weight is 308 g/mol. The minimum atomic E-state index is 0.650. The van der Waals surface area contributed by atoms with Crippen LogP contribution in [0, 0.1) is 0 Å². The molecular formula is C12H14BrN5. The highest BCUT2D eigenvalue weighted by Gasteiger charge is 2.16. The predicted octanol–water partition coefficient (Wildman–Crippen LogP) is 2.61. The minimum absolute atomic E-state index is 0.650. The Bertz CT molecular complexity index is 534. The maximum atomic E-state index is 4.30. The van der Waals surface area contributed by atoms with Gasteiger partial charge in [0.2, 0.25) is 5.82 Å². The molecule has 1 aliphatic rings. The molecule has 0 bridgehead atoms. The summed E-state index contributed by atoms with van der Waals surface area (Å²) < 4.78 is 3.04. The number of rotatable bonds is 1.